The van der Waals surface area contributed by atoms with Crippen LogP contribution in [0.4, 0.5) is 5.69 Å². The van der Waals surface area contributed by atoms with Crippen LogP contribution in [-0.2, 0) is 17.8 Å². The number of carbonyl (C=O) groups is 1. The SMILES string of the molecule is CCn1c(S[C@@H](C)C(=O)N2c3ccccc3C[C@H]2C)nnc1-c1cccs1. The fourth-order valence-corrected chi connectivity index (χ4v) is 5.23. The fourth-order valence-electron chi connectivity index (χ4n) is 3.55. The maximum atomic E-state index is 13.2. The van der Waals surface area contributed by atoms with E-state index in [2.05, 4.69) is 34.7 Å². The lowest BCUT2D eigenvalue weighted by atomic mass is 10.1. The number of aromatic nitrogens is 3. The minimum absolute atomic E-state index is 0.126. The van der Waals surface area contributed by atoms with Crippen molar-refractivity contribution in [3.05, 3.63) is 47.3 Å². The molecule has 7 heteroatoms. The number of thiophene rings is 1. The van der Waals surface area contributed by atoms with Gasteiger partial charge < -0.3 is 9.47 Å². The van der Waals surface area contributed by atoms with Gasteiger partial charge in [-0.05, 0) is 50.3 Å². The van der Waals surface area contributed by atoms with Gasteiger partial charge in [-0.15, -0.1) is 21.5 Å². The average Bonchev–Trinajstić information content (AvgIpc) is 3.38. The Balaban J connectivity index is 1.56. The third-order valence-electron chi connectivity index (χ3n) is 4.85. The Hall–Kier alpha value is -2.12. The van der Waals surface area contributed by atoms with Crippen LogP contribution in [-0.4, -0.2) is 32.0 Å². The molecular formula is C20H22N4OS2. The van der Waals surface area contributed by atoms with Crippen molar-refractivity contribution in [2.45, 2.75) is 50.2 Å². The predicted octanol–water partition coefficient (Wildman–Crippen LogP) is 4.48. The smallest absolute Gasteiger partial charge is 0.240 e. The predicted molar refractivity (Wildman–Crippen MR) is 111 cm³/mol. The summed E-state index contributed by atoms with van der Waals surface area (Å²) in [7, 11) is 0. The highest BCUT2D eigenvalue weighted by Crippen LogP contribution is 2.35. The summed E-state index contributed by atoms with van der Waals surface area (Å²) in [6.07, 6.45) is 0.910. The van der Waals surface area contributed by atoms with Gasteiger partial charge in [0.1, 0.15) is 0 Å². The van der Waals surface area contributed by atoms with Crippen LogP contribution in [0.2, 0.25) is 0 Å². The first-order chi connectivity index (χ1) is 13.1. The van der Waals surface area contributed by atoms with Gasteiger partial charge in [-0.3, -0.25) is 4.79 Å². The van der Waals surface area contributed by atoms with Gasteiger partial charge >= 0.3 is 0 Å². The number of amides is 1. The van der Waals surface area contributed by atoms with E-state index in [0.29, 0.717) is 0 Å². The molecule has 27 heavy (non-hydrogen) atoms. The molecule has 0 spiro atoms. The second-order valence-electron chi connectivity index (χ2n) is 6.68. The highest BCUT2D eigenvalue weighted by molar-refractivity contribution is 8.00. The molecule has 2 aromatic heterocycles. The lowest BCUT2D eigenvalue weighted by Crippen LogP contribution is -2.40. The van der Waals surface area contributed by atoms with E-state index >= 15 is 0 Å². The monoisotopic (exact) mass is 398 g/mol. The first-order valence-electron chi connectivity index (χ1n) is 9.14. The molecule has 0 radical (unpaired) electrons. The van der Waals surface area contributed by atoms with Gasteiger partial charge in [-0.2, -0.15) is 0 Å². The number of para-hydroxylation sites is 1. The zero-order valence-electron chi connectivity index (χ0n) is 15.6. The normalized spacial score (nSPS) is 17.1. The van der Waals surface area contributed by atoms with Crippen LogP contribution in [0.5, 0.6) is 0 Å². The molecular weight excluding hydrogens is 376 g/mol. The summed E-state index contributed by atoms with van der Waals surface area (Å²) in [6.45, 7) is 6.92. The molecule has 2 atom stereocenters. The van der Waals surface area contributed by atoms with Gasteiger partial charge in [0.05, 0.1) is 10.1 Å². The van der Waals surface area contributed by atoms with E-state index in [4.69, 9.17) is 0 Å². The van der Waals surface area contributed by atoms with Crippen molar-refractivity contribution >= 4 is 34.7 Å². The molecule has 0 unspecified atom stereocenters. The van der Waals surface area contributed by atoms with Gasteiger partial charge in [0.2, 0.25) is 5.91 Å². The zero-order valence-corrected chi connectivity index (χ0v) is 17.3. The number of anilines is 1. The first-order valence-corrected chi connectivity index (χ1v) is 10.9. The fraction of sp³-hybridized carbons (Fsp3) is 0.350. The summed E-state index contributed by atoms with van der Waals surface area (Å²) >= 11 is 3.14. The molecule has 3 aromatic rings. The van der Waals surface area contributed by atoms with Gasteiger partial charge in [0, 0.05) is 18.3 Å². The van der Waals surface area contributed by atoms with Crippen LogP contribution in [0.15, 0.2) is 46.9 Å². The second kappa shape index (κ2) is 7.48. The number of carbonyl (C=O) groups excluding carboxylic acids is 1. The Morgan fingerprint density at radius 1 is 1.30 bits per heavy atom. The zero-order chi connectivity index (χ0) is 19.0. The van der Waals surface area contributed by atoms with Crippen LogP contribution in [0, 0.1) is 0 Å². The third-order valence-corrected chi connectivity index (χ3v) is 6.78. The molecule has 140 valence electrons. The molecule has 1 aliphatic rings. The van der Waals surface area contributed by atoms with E-state index in [1.165, 1.54) is 17.3 Å². The summed E-state index contributed by atoms with van der Waals surface area (Å²) in [5, 5.41) is 11.3. The highest BCUT2D eigenvalue weighted by atomic mass is 32.2. The van der Waals surface area contributed by atoms with Crippen LogP contribution >= 0.6 is 23.1 Å². The van der Waals surface area contributed by atoms with Gasteiger partial charge in [0.25, 0.3) is 0 Å². The quantitative estimate of drug-likeness (QED) is 0.595. The number of hydrogen-bond acceptors (Lipinski definition) is 5. The highest BCUT2D eigenvalue weighted by Gasteiger charge is 2.34. The van der Waals surface area contributed by atoms with Crippen molar-refractivity contribution in [1.82, 2.24) is 14.8 Å². The van der Waals surface area contributed by atoms with Crippen LogP contribution in [0.3, 0.4) is 0 Å². The molecule has 1 aromatic carbocycles. The van der Waals surface area contributed by atoms with Crippen molar-refractivity contribution < 1.29 is 4.79 Å². The molecule has 1 aliphatic heterocycles. The minimum Gasteiger partial charge on any atom is -0.308 e. The molecule has 0 aliphatic carbocycles. The molecule has 0 saturated carbocycles. The molecule has 0 N–H and O–H groups in total. The maximum Gasteiger partial charge on any atom is 0.240 e. The van der Waals surface area contributed by atoms with Crippen LogP contribution in [0.1, 0.15) is 26.3 Å². The Bertz CT molecular complexity index is 951. The van der Waals surface area contributed by atoms with Gasteiger partial charge in [-0.1, -0.05) is 36.0 Å². The Morgan fingerprint density at radius 3 is 2.85 bits per heavy atom. The van der Waals surface area contributed by atoms with E-state index in [-0.39, 0.29) is 17.2 Å². The van der Waals surface area contributed by atoms with E-state index in [0.717, 1.165) is 34.5 Å². The third kappa shape index (κ3) is 3.30. The number of nitrogens with zero attached hydrogens (tertiary/aromatic N) is 4. The maximum absolute atomic E-state index is 13.2. The summed E-state index contributed by atoms with van der Waals surface area (Å²) in [5.74, 6) is 0.996. The lowest BCUT2D eigenvalue weighted by Gasteiger charge is -2.25. The number of thioether (sulfide) groups is 1. The van der Waals surface area contributed by atoms with Gasteiger partial charge in [-0.25, -0.2) is 0 Å². The molecule has 0 saturated heterocycles. The topological polar surface area (TPSA) is 51.0 Å². The van der Waals surface area contributed by atoms with E-state index in [1.54, 1.807) is 11.3 Å². The standard InChI is InChI=1S/C20H22N4OS2/c1-4-23-18(17-10-7-11-26-17)21-22-20(23)27-14(3)19(25)24-13(2)12-15-8-5-6-9-16(15)24/h5-11,13-14H,4,12H2,1-3H3/t13-,14+/m1/s1. The molecule has 4 rings (SSSR count). The van der Waals surface area contributed by atoms with Crippen LogP contribution in [0.25, 0.3) is 10.7 Å². The summed E-state index contributed by atoms with van der Waals surface area (Å²) in [5.41, 5.74) is 2.28. The van der Waals surface area contributed by atoms with E-state index in [9.17, 15) is 4.79 Å². The minimum atomic E-state index is -0.232. The van der Waals surface area contributed by atoms with Crippen molar-refractivity contribution in [1.29, 1.82) is 0 Å². The Kier molecular flexibility index (Phi) is 5.06. The molecule has 5 nitrogen and oxygen atoms in total. The second-order valence-corrected chi connectivity index (χ2v) is 8.93. The average molecular weight is 399 g/mol. The van der Waals surface area contributed by atoms with E-state index in [1.807, 2.05) is 47.5 Å². The molecule has 0 bridgehead atoms. The summed E-state index contributed by atoms with van der Waals surface area (Å²) in [4.78, 5) is 16.2. The molecule has 1 amide bonds. The van der Waals surface area contributed by atoms with Crippen molar-refractivity contribution in [2.24, 2.45) is 0 Å². The van der Waals surface area contributed by atoms with E-state index < -0.39 is 0 Å². The largest absolute Gasteiger partial charge is 0.308 e. The Labute approximate surface area is 167 Å². The lowest BCUT2D eigenvalue weighted by molar-refractivity contribution is -0.118. The number of hydrogen-bond donors (Lipinski definition) is 0. The summed E-state index contributed by atoms with van der Waals surface area (Å²) in [6, 6.07) is 12.4. The van der Waals surface area contributed by atoms with Crippen molar-refractivity contribution in [2.75, 3.05) is 4.90 Å². The van der Waals surface area contributed by atoms with Crippen molar-refractivity contribution in [3.8, 4) is 10.7 Å². The Morgan fingerprint density at radius 2 is 2.11 bits per heavy atom. The first kappa shape index (κ1) is 18.3. The summed E-state index contributed by atoms with van der Waals surface area (Å²) < 4.78 is 2.08. The number of fused-ring (bicyclic) bond motifs is 1. The number of benzene rings is 1. The number of rotatable bonds is 5. The van der Waals surface area contributed by atoms with Gasteiger partial charge in [0.15, 0.2) is 11.0 Å². The molecule has 3 heterocycles. The molecule has 0 fully saturated rings. The van der Waals surface area contributed by atoms with Crippen LogP contribution < -0.4 is 4.90 Å². The van der Waals surface area contributed by atoms with Crippen molar-refractivity contribution in [3.63, 3.8) is 0 Å².